The highest BCUT2D eigenvalue weighted by Crippen LogP contribution is 2.25. The van der Waals surface area contributed by atoms with E-state index in [2.05, 4.69) is 24.1 Å². The predicted octanol–water partition coefficient (Wildman–Crippen LogP) is 1.86. The maximum Gasteiger partial charge on any atom is 0.306 e. The lowest BCUT2D eigenvalue weighted by molar-refractivity contribution is -0.141. The SMILES string of the molecule is CC(CCCNC(=O)C(C)N1C(C)CCC1C)C(=O)O. The summed E-state index contributed by atoms with van der Waals surface area (Å²) in [5, 5.41) is 11.7. The molecule has 0 bridgehead atoms. The van der Waals surface area contributed by atoms with Gasteiger partial charge in [0.25, 0.3) is 0 Å². The van der Waals surface area contributed by atoms with Gasteiger partial charge in [0.15, 0.2) is 0 Å². The Bertz CT molecular complexity index is 336. The third-order valence-corrected chi connectivity index (χ3v) is 4.38. The quantitative estimate of drug-likeness (QED) is 0.700. The third-order valence-electron chi connectivity index (χ3n) is 4.38. The van der Waals surface area contributed by atoms with Crippen molar-refractivity contribution in [1.82, 2.24) is 10.2 Å². The summed E-state index contributed by atoms with van der Waals surface area (Å²) in [6.45, 7) is 8.54. The van der Waals surface area contributed by atoms with E-state index in [-0.39, 0.29) is 17.9 Å². The molecule has 1 amide bonds. The second-order valence-corrected chi connectivity index (χ2v) is 6.07. The smallest absolute Gasteiger partial charge is 0.306 e. The zero-order chi connectivity index (χ0) is 15.3. The van der Waals surface area contributed by atoms with Crippen LogP contribution < -0.4 is 5.32 Å². The number of aliphatic carboxylic acids is 1. The predicted molar refractivity (Wildman–Crippen MR) is 78.5 cm³/mol. The molecule has 1 fully saturated rings. The van der Waals surface area contributed by atoms with Gasteiger partial charge in [-0.1, -0.05) is 6.92 Å². The van der Waals surface area contributed by atoms with Crippen LogP contribution in [0, 0.1) is 5.92 Å². The number of carbonyl (C=O) groups excluding carboxylic acids is 1. The Hall–Kier alpha value is -1.10. The zero-order valence-electron chi connectivity index (χ0n) is 13.1. The third kappa shape index (κ3) is 4.47. The van der Waals surface area contributed by atoms with E-state index in [1.807, 2.05) is 6.92 Å². The Labute approximate surface area is 121 Å². The van der Waals surface area contributed by atoms with Crippen LogP contribution in [0.5, 0.6) is 0 Å². The van der Waals surface area contributed by atoms with Gasteiger partial charge in [-0.05, 0) is 46.5 Å². The molecule has 4 unspecified atom stereocenters. The fourth-order valence-corrected chi connectivity index (χ4v) is 3.00. The highest BCUT2D eigenvalue weighted by molar-refractivity contribution is 5.81. The molecule has 1 aliphatic heterocycles. The van der Waals surface area contributed by atoms with Gasteiger partial charge >= 0.3 is 5.97 Å². The van der Waals surface area contributed by atoms with Crippen molar-refractivity contribution in [2.24, 2.45) is 5.92 Å². The van der Waals surface area contributed by atoms with Crippen LogP contribution in [0.4, 0.5) is 0 Å². The molecule has 0 aromatic carbocycles. The number of carboxylic acid groups (broad SMARTS) is 1. The lowest BCUT2D eigenvalue weighted by Gasteiger charge is -2.31. The molecule has 1 rings (SSSR count). The normalized spacial score (nSPS) is 26.2. The lowest BCUT2D eigenvalue weighted by atomic mass is 10.1. The van der Waals surface area contributed by atoms with Gasteiger partial charge in [-0.15, -0.1) is 0 Å². The van der Waals surface area contributed by atoms with E-state index in [1.54, 1.807) is 6.92 Å². The van der Waals surface area contributed by atoms with Gasteiger partial charge in [-0.2, -0.15) is 0 Å². The van der Waals surface area contributed by atoms with Gasteiger partial charge in [0, 0.05) is 18.6 Å². The summed E-state index contributed by atoms with van der Waals surface area (Å²) >= 11 is 0. The van der Waals surface area contributed by atoms with Crippen molar-refractivity contribution in [1.29, 1.82) is 0 Å². The molecule has 20 heavy (non-hydrogen) atoms. The molecule has 0 aliphatic carbocycles. The first-order valence-corrected chi connectivity index (χ1v) is 7.62. The van der Waals surface area contributed by atoms with Crippen LogP contribution in [0.15, 0.2) is 0 Å². The summed E-state index contributed by atoms with van der Waals surface area (Å²) in [6.07, 6.45) is 3.60. The van der Waals surface area contributed by atoms with Gasteiger partial charge in [-0.3, -0.25) is 14.5 Å². The van der Waals surface area contributed by atoms with E-state index >= 15 is 0 Å². The molecule has 0 spiro atoms. The molecular formula is C15H28N2O3. The van der Waals surface area contributed by atoms with Gasteiger partial charge < -0.3 is 10.4 Å². The largest absolute Gasteiger partial charge is 0.481 e. The fraction of sp³-hybridized carbons (Fsp3) is 0.867. The Balaban J connectivity index is 2.30. The number of carbonyl (C=O) groups is 2. The number of hydrogen-bond donors (Lipinski definition) is 2. The van der Waals surface area contributed by atoms with Crippen LogP contribution in [0.25, 0.3) is 0 Å². The number of hydrogen-bond acceptors (Lipinski definition) is 3. The molecule has 5 heteroatoms. The van der Waals surface area contributed by atoms with Crippen LogP contribution in [-0.4, -0.2) is 46.6 Å². The Morgan fingerprint density at radius 2 is 1.80 bits per heavy atom. The zero-order valence-corrected chi connectivity index (χ0v) is 13.1. The summed E-state index contributed by atoms with van der Waals surface area (Å²) in [7, 11) is 0. The van der Waals surface area contributed by atoms with Crippen LogP contribution in [0.2, 0.25) is 0 Å². The van der Waals surface area contributed by atoms with E-state index in [0.29, 0.717) is 31.5 Å². The van der Waals surface area contributed by atoms with E-state index < -0.39 is 5.97 Å². The molecule has 4 atom stereocenters. The maximum atomic E-state index is 12.1. The minimum Gasteiger partial charge on any atom is -0.481 e. The summed E-state index contributed by atoms with van der Waals surface area (Å²) in [5.74, 6) is -1.07. The molecule has 116 valence electrons. The van der Waals surface area contributed by atoms with Crippen molar-refractivity contribution < 1.29 is 14.7 Å². The minimum atomic E-state index is -0.774. The number of carboxylic acids is 1. The Kier molecular flexibility index (Phi) is 6.46. The number of nitrogens with one attached hydrogen (secondary N) is 1. The van der Waals surface area contributed by atoms with Crippen molar-refractivity contribution in [3.63, 3.8) is 0 Å². The van der Waals surface area contributed by atoms with E-state index in [0.717, 1.165) is 12.8 Å². The molecule has 5 nitrogen and oxygen atoms in total. The maximum absolute atomic E-state index is 12.1. The highest BCUT2D eigenvalue weighted by Gasteiger charge is 2.34. The summed E-state index contributed by atoms with van der Waals surface area (Å²) in [5.41, 5.74) is 0. The topological polar surface area (TPSA) is 69.6 Å². The van der Waals surface area contributed by atoms with Gasteiger partial charge in [0.05, 0.1) is 12.0 Å². The number of likely N-dealkylation sites (tertiary alicyclic amines) is 1. The summed E-state index contributed by atoms with van der Waals surface area (Å²) in [6, 6.07) is 0.801. The first-order valence-electron chi connectivity index (χ1n) is 7.62. The minimum absolute atomic E-state index is 0.0496. The first kappa shape index (κ1) is 17.0. The average Bonchev–Trinajstić information content (AvgIpc) is 2.72. The molecule has 0 aromatic heterocycles. The van der Waals surface area contributed by atoms with E-state index in [1.165, 1.54) is 0 Å². The van der Waals surface area contributed by atoms with Crippen molar-refractivity contribution in [3.05, 3.63) is 0 Å². The highest BCUT2D eigenvalue weighted by atomic mass is 16.4. The van der Waals surface area contributed by atoms with Crippen molar-refractivity contribution in [2.45, 2.75) is 71.5 Å². The number of rotatable bonds is 7. The van der Waals surface area contributed by atoms with E-state index in [9.17, 15) is 9.59 Å². The van der Waals surface area contributed by atoms with Crippen LogP contribution in [-0.2, 0) is 9.59 Å². The lowest BCUT2D eigenvalue weighted by Crippen LogP contribution is -2.49. The second kappa shape index (κ2) is 7.62. The van der Waals surface area contributed by atoms with Crippen LogP contribution in [0.1, 0.15) is 53.4 Å². The Morgan fingerprint density at radius 3 is 2.30 bits per heavy atom. The monoisotopic (exact) mass is 284 g/mol. The second-order valence-electron chi connectivity index (χ2n) is 6.07. The molecule has 0 radical (unpaired) electrons. The molecule has 1 aliphatic rings. The first-order chi connectivity index (χ1) is 9.34. The van der Waals surface area contributed by atoms with Gasteiger partial charge in [0.2, 0.25) is 5.91 Å². The molecule has 2 N–H and O–H groups in total. The summed E-state index contributed by atoms with van der Waals surface area (Å²) in [4.78, 5) is 25.1. The number of amides is 1. The van der Waals surface area contributed by atoms with Crippen LogP contribution >= 0.6 is 0 Å². The summed E-state index contributed by atoms with van der Waals surface area (Å²) < 4.78 is 0. The van der Waals surface area contributed by atoms with Crippen LogP contribution in [0.3, 0.4) is 0 Å². The standard InChI is InChI=1S/C15H28N2O3/c1-10(15(19)20)6-5-9-16-14(18)13(4)17-11(2)7-8-12(17)3/h10-13H,5-9H2,1-4H3,(H,16,18)(H,19,20). The van der Waals surface area contributed by atoms with Crippen molar-refractivity contribution in [3.8, 4) is 0 Å². The molecule has 0 saturated carbocycles. The Morgan fingerprint density at radius 1 is 1.25 bits per heavy atom. The van der Waals surface area contributed by atoms with E-state index in [4.69, 9.17) is 5.11 Å². The number of nitrogens with zero attached hydrogens (tertiary/aromatic N) is 1. The molecule has 0 aromatic rings. The fourth-order valence-electron chi connectivity index (χ4n) is 3.00. The molecular weight excluding hydrogens is 256 g/mol. The average molecular weight is 284 g/mol. The molecule has 1 saturated heterocycles. The van der Waals surface area contributed by atoms with Crippen molar-refractivity contribution >= 4 is 11.9 Å². The van der Waals surface area contributed by atoms with Gasteiger partial charge in [-0.25, -0.2) is 0 Å². The van der Waals surface area contributed by atoms with Gasteiger partial charge in [0.1, 0.15) is 0 Å². The van der Waals surface area contributed by atoms with Crippen molar-refractivity contribution in [2.75, 3.05) is 6.54 Å². The molecule has 1 heterocycles.